The van der Waals surface area contributed by atoms with Crippen molar-refractivity contribution in [2.45, 2.75) is 19.9 Å². The Bertz CT molecular complexity index is 650. The molecule has 0 spiro atoms. The summed E-state index contributed by atoms with van der Waals surface area (Å²) >= 11 is 0. The molecule has 22 heavy (non-hydrogen) atoms. The van der Waals surface area contributed by atoms with E-state index >= 15 is 0 Å². The van der Waals surface area contributed by atoms with Crippen molar-refractivity contribution in [2.24, 2.45) is 11.7 Å². The molecule has 0 aliphatic heterocycles. The van der Waals surface area contributed by atoms with Crippen molar-refractivity contribution < 1.29 is 14.0 Å². The lowest BCUT2D eigenvalue weighted by molar-refractivity contribution is -0.118. The highest BCUT2D eigenvalue weighted by molar-refractivity contribution is 6.04. The molecule has 1 heterocycles. The van der Waals surface area contributed by atoms with Crippen LogP contribution in [0.2, 0.25) is 0 Å². The van der Waals surface area contributed by atoms with Gasteiger partial charge in [-0.15, -0.1) is 0 Å². The standard InChI is InChI=1S/C16H19N3O3/c1-10(2)14(17)16(21)19-13-5-3-4-12(8-13)18-15(20)11-6-7-22-9-11/h3-10,14H,17H2,1-2H3,(H,18,20)(H,19,21)/t14-/m0/s1. The zero-order valence-corrected chi connectivity index (χ0v) is 12.5. The molecule has 116 valence electrons. The third kappa shape index (κ3) is 3.95. The Balaban J connectivity index is 2.04. The molecule has 2 aromatic rings. The molecule has 2 rings (SSSR count). The van der Waals surface area contributed by atoms with Crippen LogP contribution in [0, 0.1) is 5.92 Å². The van der Waals surface area contributed by atoms with Crippen molar-refractivity contribution in [3.8, 4) is 0 Å². The molecule has 0 bridgehead atoms. The van der Waals surface area contributed by atoms with E-state index in [1.807, 2.05) is 13.8 Å². The number of hydrogen-bond acceptors (Lipinski definition) is 4. The Morgan fingerprint density at radius 3 is 2.41 bits per heavy atom. The van der Waals surface area contributed by atoms with Crippen LogP contribution in [0.1, 0.15) is 24.2 Å². The van der Waals surface area contributed by atoms with Gasteiger partial charge in [0.25, 0.3) is 5.91 Å². The minimum absolute atomic E-state index is 0.0453. The van der Waals surface area contributed by atoms with E-state index in [2.05, 4.69) is 10.6 Å². The Labute approximate surface area is 128 Å². The average Bonchev–Trinajstić information content (AvgIpc) is 3.01. The van der Waals surface area contributed by atoms with Crippen molar-refractivity contribution in [2.75, 3.05) is 10.6 Å². The lowest BCUT2D eigenvalue weighted by Gasteiger charge is -2.15. The summed E-state index contributed by atoms with van der Waals surface area (Å²) in [5, 5.41) is 5.47. The minimum Gasteiger partial charge on any atom is -0.472 e. The van der Waals surface area contributed by atoms with Crippen molar-refractivity contribution >= 4 is 23.2 Å². The van der Waals surface area contributed by atoms with Gasteiger partial charge in [0.15, 0.2) is 0 Å². The van der Waals surface area contributed by atoms with E-state index in [1.165, 1.54) is 12.5 Å². The molecular formula is C16H19N3O3. The number of amides is 2. The van der Waals surface area contributed by atoms with Crippen LogP contribution in [-0.4, -0.2) is 17.9 Å². The van der Waals surface area contributed by atoms with Crippen LogP contribution in [0.25, 0.3) is 0 Å². The van der Waals surface area contributed by atoms with Gasteiger partial charge in [0.2, 0.25) is 5.91 Å². The number of furan rings is 1. The van der Waals surface area contributed by atoms with E-state index in [4.69, 9.17) is 10.2 Å². The Morgan fingerprint density at radius 2 is 1.82 bits per heavy atom. The molecule has 0 saturated heterocycles. The first-order valence-corrected chi connectivity index (χ1v) is 6.97. The van der Waals surface area contributed by atoms with E-state index in [1.54, 1.807) is 30.3 Å². The quantitative estimate of drug-likeness (QED) is 0.790. The first-order valence-electron chi connectivity index (χ1n) is 6.97. The third-order valence-corrected chi connectivity index (χ3v) is 3.19. The molecule has 6 heteroatoms. The Morgan fingerprint density at radius 1 is 1.14 bits per heavy atom. The van der Waals surface area contributed by atoms with Crippen LogP contribution >= 0.6 is 0 Å². The van der Waals surface area contributed by atoms with Crippen LogP contribution in [0.15, 0.2) is 47.3 Å². The van der Waals surface area contributed by atoms with Crippen LogP contribution in [0.4, 0.5) is 11.4 Å². The van der Waals surface area contributed by atoms with Crippen LogP contribution < -0.4 is 16.4 Å². The molecule has 0 fully saturated rings. The topological polar surface area (TPSA) is 97.4 Å². The zero-order valence-electron chi connectivity index (χ0n) is 12.5. The monoisotopic (exact) mass is 301 g/mol. The van der Waals surface area contributed by atoms with Gasteiger partial charge in [-0.25, -0.2) is 0 Å². The largest absolute Gasteiger partial charge is 0.472 e. The Hall–Kier alpha value is -2.60. The van der Waals surface area contributed by atoms with Gasteiger partial charge in [0.05, 0.1) is 17.9 Å². The summed E-state index contributed by atoms with van der Waals surface area (Å²) in [6.45, 7) is 3.76. The van der Waals surface area contributed by atoms with Gasteiger partial charge in [-0.3, -0.25) is 9.59 Å². The van der Waals surface area contributed by atoms with Crippen molar-refractivity contribution in [1.29, 1.82) is 0 Å². The highest BCUT2D eigenvalue weighted by Gasteiger charge is 2.17. The highest BCUT2D eigenvalue weighted by Crippen LogP contribution is 2.17. The number of carbonyl (C=O) groups excluding carboxylic acids is 2. The van der Waals surface area contributed by atoms with Gasteiger partial charge in [0.1, 0.15) is 6.26 Å². The van der Waals surface area contributed by atoms with Crippen molar-refractivity contribution in [3.05, 3.63) is 48.4 Å². The molecule has 1 atom stereocenters. The number of rotatable bonds is 5. The first kappa shape index (κ1) is 15.8. The number of benzene rings is 1. The summed E-state index contributed by atoms with van der Waals surface area (Å²) in [5.74, 6) is -0.492. The van der Waals surface area contributed by atoms with Gasteiger partial charge >= 0.3 is 0 Å². The predicted octanol–water partition coefficient (Wildman–Crippen LogP) is 2.45. The maximum absolute atomic E-state index is 11.9. The number of nitrogens with two attached hydrogens (primary N) is 1. The fourth-order valence-electron chi connectivity index (χ4n) is 1.80. The highest BCUT2D eigenvalue weighted by atomic mass is 16.3. The number of hydrogen-bond donors (Lipinski definition) is 3. The van der Waals surface area contributed by atoms with Crippen LogP contribution in [0.5, 0.6) is 0 Å². The molecule has 0 saturated carbocycles. The van der Waals surface area contributed by atoms with E-state index in [9.17, 15) is 9.59 Å². The fraction of sp³-hybridized carbons (Fsp3) is 0.250. The lowest BCUT2D eigenvalue weighted by atomic mass is 10.0. The van der Waals surface area contributed by atoms with Gasteiger partial charge < -0.3 is 20.8 Å². The molecule has 4 N–H and O–H groups in total. The maximum atomic E-state index is 11.9. The second-order valence-electron chi connectivity index (χ2n) is 5.31. The molecule has 0 aliphatic rings. The molecule has 0 aliphatic carbocycles. The van der Waals surface area contributed by atoms with E-state index in [0.717, 1.165) is 0 Å². The normalized spacial score (nSPS) is 12.0. The van der Waals surface area contributed by atoms with Gasteiger partial charge in [-0.05, 0) is 30.2 Å². The first-order chi connectivity index (χ1) is 10.5. The van der Waals surface area contributed by atoms with Crippen LogP contribution in [-0.2, 0) is 4.79 Å². The zero-order chi connectivity index (χ0) is 16.1. The van der Waals surface area contributed by atoms with Crippen molar-refractivity contribution in [1.82, 2.24) is 0 Å². The molecule has 2 amide bonds. The molecule has 0 radical (unpaired) electrons. The molecule has 6 nitrogen and oxygen atoms in total. The average molecular weight is 301 g/mol. The smallest absolute Gasteiger partial charge is 0.258 e. The van der Waals surface area contributed by atoms with E-state index in [0.29, 0.717) is 16.9 Å². The molecule has 1 aromatic carbocycles. The molecule has 1 aromatic heterocycles. The third-order valence-electron chi connectivity index (χ3n) is 3.19. The SMILES string of the molecule is CC(C)[C@H](N)C(=O)Nc1cccc(NC(=O)c2ccoc2)c1. The number of nitrogens with one attached hydrogen (secondary N) is 2. The van der Waals surface area contributed by atoms with E-state index in [-0.39, 0.29) is 17.7 Å². The van der Waals surface area contributed by atoms with Gasteiger partial charge in [-0.1, -0.05) is 19.9 Å². The molecule has 0 unspecified atom stereocenters. The number of carbonyl (C=O) groups is 2. The second-order valence-corrected chi connectivity index (χ2v) is 5.31. The maximum Gasteiger partial charge on any atom is 0.258 e. The summed E-state index contributed by atoms with van der Waals surface area (Å²) in [6.07, 6.45) is 2.79. The summed E-state index contributed by atoms with van der Waals surface area (Å²) < 4.78 is 4.87. The number of anilines is 2. The van der Waals surface area contributed by atoms with Gasteiger partial charge in [-0.2, -0.15) is 0 Å². The fourth-order valence-corrected chi connectivity index (χ4v) is 1.80. The molecular weight excluding hydrogens is 282 g/mol. The lowest BCUT2D eigenvalue weighted by Crippen LogP contribution is -2.39. The van der Waals surface area contributed by atoms with Crippen molar-refractivity contribution in [3.63, 3.8) is 0 Å². The van der Waals surface area contributed by atoms with Gasteiger partial charge in [0, 0.05) is 11.4 Å². The second kappa shape index (κ2) is 6.91. The Kier molecular flexibility index (Phi) is 4.95. The van der Waals surface area contributed by atoms with E-state index < -0.39 is 6.04 Å². The summed E-state index contributed by atoms with van der Waals surface area (Å²) in [4.78, 5) is 23.9. The summed E-state index contributed by atoms with van der Waals surface area (Å²) in [7, 11) is 0. The summed E-state index contributed by atoms with van der Waals surface area (Å²) in [5.41, 5.74) is 7.37. The summed E-state index contributed by atoms with van der Waals surface area (Å²) in [6, 6.07) is 7.87. The minimum atomic E-state index is -0.579. The van der Waals surface area contributed by atoms with Crippen LogP contribution in [0.3, 0.4) is 0 Å². The predicted molar refractivity (Wildman–Crippen MR) is 84.5 cm³/mol.